The fourth-order valence-corrected chi connectivity index (χ4v) is 3.13. The number of nitrogens with zero attached hydrogens (tertiary/aromatic N) is 2. The van der Waals surface area contributed by atoms with Gasteiger partial charge in [0.2, 0.25) is 0 Å². The molecule has 2 aromatic rings. The van der Waals surface area contributed by atoms with Crippen molar-refractivity contribution in [3.05, 3.63) is 59.7 Å². The lowest BCUT2D eigenvalue weighted by Gasteiger charge is -2.36. The van der Waals surface area contributed by atoms with Gasteiger partial charge < -0.3 is 14.4 Å². The summed E-state index contributed by atoms with van der Waals surface area (Å²) >= 11 is 0. The number of anilines is 1. The van der Waals surface area contributed by atoms with Gasteiger partial charge in [0.05, 0.1) is 19.8 Å². The molecule has 0 amide bonds. The summed E-state index contributed by atoms with van der Waals surface area (Å²) in [6.45, 7) is 4.82. The van der Waals surface area contributed by atoms with E-state index in [0.717, 1.165) is 44.0 Å². The van der Waals surface area contributed by atoms with Crippen molar-refractivity contribution in [3.63, 3.8) is 0 Å². The van der Waals surface area contributed by atoms with Crippen LogP contribution in [-0.2, 0) is 11.3 Å². The lowest BCUT2D eigenvalue weighted by molar-refractivity contribution is 0.0600. The van der Waals surface area contributed by atoms with Gasteiger partial charge in [0.15, 0.2) is 0 Å². The summed E-state index contributed by atoms with van der Waals surface area (Å²) in [7, 11) is 3.09. The molecule has 0 aliphatic carbocycles. The predicted octanol–water partition coefficient (Wildman–Crippen LogP) is 2.80. The molecule has 0 radical (unpaired) electrons. The van der Waals surface area contributed by atoms with Crippen LogP contribution in [0, 0.1) is 0 Å². The van der Waals surface area contributed by atoms with Crippen LogP contribution in [0.5, 0.6) is 5.75 Å². The zero-order chi connectivity index (χ0) is 17.6. The molecule has 132 valence electrons. The van der Waals surface area contributed by atoms with Gasteiger partial charge in [-0.15, -0.1) is 0 Å². The van der Waals surface area contributed by atoms with Gasteiger partial charge in [-0.1, -0.05) is 12.1 Å². The van der Waals surface area contributed by atoms with E-state index in [1.54, 1.807) is 13.2 Å². The normalized spacial score (nSPS) is 15.0. The Bertz CT molecular complexity index is 707. The highest BCUT2D eigenvalue weighted by molar-refractivity contribution is 5.89. The third kappa shape index (κ3) is 4.31. The lowest BCUT2D eigenvalue weighted by Crippen LogP contribution is -2.45. The van der Waals surface area contributed by atoms with Crippen LogP contribution >= 0.6 is 0 Å². The fourth-order valence-electron chi connectivity index (χ4n) is 3.13. The maximum Gasteiger partial charge on any atom is 0.337 e. The molecule has 2 aromatic carbocycles. The maximum absolute atomic E-state index is 11.7. The van der Waals surface area contributed by atoms with Crippen molar-refractivity contribution in [1.82, 2.24) is 4.90 Å². The number of piperazine rings is 1. The summed E-state index contributed by atoms with van der Waals surface area (Å²) < 4.78 is 10.0. The van der Waals surface area contributed by atoms with Gasteiger partial charge in [0.25, 0.3) is 0 Å². The zero-order valence-electron chi connectivity index (χ0n) is 14.8. The number of hydrogen-bond acceptors (Lipinski definition) is 5. The quantitative estimate of drug-likeness (QED) is 0.783. The van der Waals surface area contributed by atoms with Crippen LogP contribution in [0.4, 0.5) is 5.69 Å². The van der Waals surface area contributed by atoms with Gasteiger partial charge >= 0.3 is 5.97 Å². The van der Waals surface area contributed by atoms with E-state index in [-0.39, 0.29) is 5.97 Å². The summed E-state index contributed by atoms with van der Waals surface area (Å²) in [5, 5.41) is 0. The molecule has 0 aromatic heterocycles. The Morgan fingerprint density at radius 1 is 1.00 bits per heavy atom. The molecule has 0 bridgehead atoms. The van der Waals surface area contributed by atoms with Crippen molar-refractivity contribution in [2.24, 2.45) is 0 Å². The molecule has 1 heterocycles. The van der Waals surface area contributed by atoms with Crippen molar-refractivity contribution in [3.8, 4) is 5.75 Å². The number of esters is 1. The molecule has 5 heteroatoms. The van der Waals surface area contributed by atoms with Gasteiger partial charge in [-0.25, -0.2) is 4.79 Å². The first-order chi connectivity index (χ1) is 12.2. The minimum absolute atomic E-state index is 0.286. The summed E-state index contributed by atoms with van der Waals surface area (Å²) in [4.78, 5) is 16.5. The number of benzene rings is 2. The Labute approximate surface area is 148 Å². The Kier molecular flexibility index (Phi) is 5.56. The molecule has 0 saturated carbocycles. The molecule has 0 spiro atoms. The summed E-state index contributed by atoms with van der Waals surface area (Å²) in [6, 6.07) is 15.9. The van der Waals surface area contributed by atoms with Gasteiger partial charge in [0, 0.05) is 38.4 Å². The topological polar surface area (TPSA) is 42.0 Å². The van der Waals surface area contributed by atoms with Crippen molar-refractivity contribution >= 4 is 11.7 Å². The van der Waals surface area contributed by atoms with Crippen LogP contribution in [0.2, 0.25) is 0 Å². The Morgan fingerprint density at radius 3 is 2.36 bits per heavy atom. The molecule has 5 nitrogen and oxygen atoms in total. The van der Waals surface area contributed by atoms with E-state index in [0.29, 0.717) is 5.56 Å². The third-order valence-corrected chi connectivity index (χ3v) is 4.56. The molecule has 0 unspecified atom stereocenters. The fraction of sp³-hybridized carbons (Fsp3) is 0.350. The predicted molar refractivity (Wildman–Crippen MR) is 98.3 cm³/mol. The van der Waals surface area contributed by atoms with E-state index in [1.807, 2.05) is 24.3 Å². The number of ether oxygens (including phenoxy) is 2. The Hall–Kier alpha value is -2.53. The summed E-state index contributed by atoms with van der Waals surface area (Å²) in [6.07, 6.45) is 0. The monoisotopic (exact) mass is 340 g/mol. The number of carbonyl (C=O) groups excluding carboxylic acids is 1. The highest BCUT2D eigenvalue weighted by atomic mass is 16.5. The van der Waals surface area contributed by atoms with E-state index >= 15 is 0 Å². The highest BCUT2D eigenvalue weighted by Gasteiger charge is 2.18. The molecule has 1 aliphatic heterocycles. The van der Waals surface area contributed by atoms with Crippen molar-refractivity contribution < 1.29 is 14.3 Å². The largest absolute Gasteiger partial charge is 0.497 e. The highest BCUT2D eigenvalue weighted by Crippen LogP contribution is 2.21. The van der Waals surface area contributed by atoms with Crippen LogP contribution < -0.4 is 9.64 Å². The average Bonchev–Trinajstić information content (AvgIpc) is 2.68. The molecule has 25 heavy (non-hydrogen) atoms. The second kappa shape index (κ2) is 8.03. The number of rotatable bonds is 5. The van der Waals surface area contributed by atoms with E-state index in [9.17, 15) is 4.79 Å². The molecular formula is C20H24N2O3. The van der Waals surface area contributed by atoms with Crippen LogP contribution in [0.25, 0.3) is 0 Å². The standard InChI is InChI=1S/C20H24N2O3/c1-24-19-8-6-18(7-9-19)22-12-10-21(11-13-22)15-16-4-3-5-17(14-16)20(23)25-2/h3-9,14H,10-13,15H2,1-2H3. The first-order valence-electron chi connectivity index (χ1n) is 8.48. The summed E-state index contributed by atoms with van der Waals surface area (Å²) in [5.74, 6) is 0.596. The minimum Gasteiger partial charge on any atom is -0.497 e. The second-order valence-electron chi connectivity index (χ2n) is 6.15. The van der Waals surface area contributed by atoms with Crippen LogP contribution in [0.15, 0.2) is 48.5 Å². The minimum atomic E-state index is -0.286. The SMILES string of the molecule is COC(=O)c1cccc(CN2CCN(c3ccc(OC)cc3)CC2)c1. The first-order valence-corrected chi connectivity index (χ1v) is 8.48. The average molecular weight is 340 g/mol. The lowest BCUT2D eigenvalue weighted by atomic mass is 10.1. The van der Waals surface area contributed by atoms with Crippen molar-refractivity contribution in [2.75, 3.05) is 45.3 Å². The van der Waals surface area contributed by atoms with Crippen molar-refractivity contribution in [2.45, 2.75) is 6.54 Å². The zero-order valence-corrected chi connectivity index (χ0v) is 14.8. The number of methoxy groups -OCH3 is 2. The van der Waals surface area contributed by atoms with Crippen LogP contribution in [-0.4, -0.2) is 51.3 Å². The number of hydrogen-bond donors (Lipinski definition) is 0. The Balaban J connectivity index is 1.56. The third-order valence-electron chi connectivity index (χ3n) is 4.56. The Morgan fingerprint density at radius 2 is 1.72 bits per heavy atom. The van der Waals surface area contributed by atoms with Crippen molar-refractivity contribution in [1.29, 1.82) is 0 Å². The first kappa shape index (κ1) is 17.3. The van der Waals surface area contributed by atoms with Gasteiger partial charge in [-0.3, -0.25) is 4.90 Å². The van der Waals surface area contributed by atoms with E-state index in [4.69, 9.17) is 9.47 Å². The molecule has 1 fully saturated rings. The van der Waals surface area contributed by atoms with Gasteiger partial charge in [0.1, 0.15) is 5.75 Å². The summed E-state index contributed by atoms with van der Waals surface area (Å²) in [5.41, 5.74) is 2.98. The smallest absolute Gasteiger partial charge is 0.337 e. The molecule has 1 saturated heterocycles. The van der Waals surface area contributed by atoms with E-state index < -0.39 is 0 Å². The van der Waals surface area contributed by atoms with Crippen LogP contribution in [0.1, 0.15) is 15.9 Å². The molecule has 3 rings (SSSR count). The molecule has 1 aliphatic rings. The maximum atomic E-state index is 11.7. The number of carbonyl (C=O) groups is 1. The second-order valence-corrected chi connectivity index (χ2v) is 6.15. The van der Waals surface area contributed by atoms with Gasteiger partial charge in [-0.2, -0.15) is 0 Å². The van der Waals surface area contributed by atoms with Gasteiger partial charge in [-0.05, 0) is 42.0 Å². The molecular weight excluding hydrogens is 316 g/mol. The van der Waals surface area contributed by atoms with E-state index in [2.05, 4.69) is 28.0 Å². The van der Waals surface area contributed by atoms with Crippen LogP contribution in [0.3, 0.4) is 0 Å². The molecule has 0 N–H and O–H groups in total. The molecule has 0 atom stereocenters. The van der Waals surface area contributed by atoms with E-state index in [1.165, 1.54) is 12.8 Å².